The second-order valence-corrected chi connectivity index (χ2v) is 8.40. The van der Waals surface area contributed by atoms with E-state index in [0.29, 0.717) is 22.5 Å². The molecule has 0 bridgehead atoms. The van der Waals surface area contributed by atoms with Crippen LogP contribution in [0.4, 0.5) is 0 Å². The van der Waals surface area contributed by atoms with Gasteiger partial charge in [0, 0.05) is 17.1 Å². The third-order valence-electron chi connectivity index (χ3n) is 4.60. The van der Waals surface area contributed by atoms with E-state index in [1.807, 2.05) is 37.5 Å². The molecule has 0 unspecified atom stereocenters. The maximum absolute atomic E-state index is 12.0. The topological polar surface area (TPSA) is 110 Å². The van der Waals surface area contributed by atoms with E-state index in [1.54, 1.807) is 19.1 Å². The second kappa shape index (κ2) is 10.5. The van der Waals surface area contributed by atoms with E-state index < -0.39 is 24.0 Å². The summed E-state index contributed by atoms with van der Waals surface area (Å²) in [6.45, 7) is 7.41. The number of nitrogens with zero attached hydrogens (tertiary/aromatic N) is 4. The largest absolute Gasteiger partial charge is 0.455 e. The van der Waals surface area contributed by atoms with Gasteiger partial charge in [-0.1, -0.05) is 37.2 Å². The van der Waals surface area contributed by atoms with Crippen molar-refractivity contribution < 1.29 is 14.3 Å². The summed E-state index contributed by atoms with van der Waals surface area (Å²) in [6.07, 6.45) is 0. The summed E-state index contributed by atoms with van der Waals surface area (Å²) < 4.78 is 6.90. The van der Waals surface area contributed by atoms with E-state index in [9.17, 15) is 14.9 Å². The molecule has 1 atom stereocenters. The van der Waals surface area contributed by atoms with E-state index in [2.05, 4.69) is 21.6 Å². The number of ether oxygens (including phenoxy) is 1. The molecule has 160 valence electrons. The van der Waals surface area contributed by atoms with Crippen LogP contribution < -0.4 is 5.32 Å². The number of aromatic nitrogens is 3. The lowest BCUT2D eigenvalue weighted by molar-refractivity contribution is -0.146. The molecule has 2 aromatic rings. The first-order valence-corrected chi connectivity index (χ1v) is 10.8. The zero-order valence-corrected chi connectivity index (χ0v) is 18.9. The molecule has 0 aliphatic rings. The number of carbonyl (C=O) groups excluding carboxylic acids is 2. The van der Waals surface area contributed by atoms with Crippen molar-refractivity contribution in [3.05, 3.63) is 29.3 Å². The first-order valence-electron chi connectivity index (χ1n) is 9.40. The monoisotopic (exact) mass is 449 g/mol. The van der Waals surface area contributed by atoms with E-state index in [4.69, 9.17) is 16.3 Å². The van der Waals surface area contributed by atoms with Gasteiger partial charge in [-0.05, 0) is 44.0 Å². The summed E-state index contributed by atoms with van der Waals surface area (Å²) in [7, 11) is 0. The summed E-state index contributed by atoms with van der Waals surface area (Å²) in [6, 6.07) is 9.33. The molecule has 1 aromatic carbocycles. The highest BCUT2D eigenvalue weighted by Gasteiger charge is 2.30. The number of rotatable bonds is 9. The van der Waals surface area contributed by atoms with E-state index >= 15 is 0 Å². The fourth-order valence-electron chi connectivity index (χ4n) is 2.43. The SMILES string of the molecule is CCn1c(SCC(=O)OCC(=O)N[C@@](C)(C#N)C(C)C)nnc1-c1ccc(Cl)cc1. The van der Waals surface area contributed by atoms with Crippen LogP contribution in [-0.4, -0.2) is 44.5 Å². The number of nitriles is 1. The molecule has 1 amide bonds. The molecule has 1 N–H and O–H groups in total. The molecule has 2 rings (SSSR count). The van der Waals surface area contributed by atoms with E-state index in [-0.39, 0.29) is 11.7 Å². The maximum Gasteiger partial charge on any atom is 0.316 e. The Kier molecular flexibility index (Phi) is 8.26. The Labute approximate surface area is 185 Å². The number of hydrogen-bond donors (Lipinski definition) is 1. The summed E-state index contributed by atoms with van der Waals surface area (Å²) in [5.74, 6) is -0.516. The van der Waals surface area contributed by atoms with Crippen molar-refractivity contribution in [1.29, 1.82) is 5.26 Å². The molecule has 0 aliphatic heterocycles. The standard InChI is InChI=1S/C20H24ClN5O3S/c1-5-26-18(14-6-8-15(21)9-7-14)24-25-19(26)30-11-17(28)29-10-16(27)23-20(4,12-22)13(2)3/h6-9,13H,5,10-11H2,1-4H3,(H,23,27)/t20-/m0/s1. The van der Waals surface area contributed by atoms with Crippen LogP contribution in [0.5, 0.6) is 0 Å². The van der Waals surface area contributed by atoms with Gasteiger partial charge >= 0.3 is 5.97 Å². The number of benzene rings is 1. The average Bonchev–Trinajstić information content (AvgIpc) is 3.13. The Balaban J connectivity index is 1.91. The lowest BCUT2D eigenvalue weighted by atomic mass is 9.90. The first kappa shape index (κ1) is 23.7. The minimum absolute atomic E-state index is 0.0221. The number of carbonyl (C=O) groups is 2. The molecule has 1 heterocycles. The van der Waals surface area contributed by atoms with Gasteiger partial charge in [0.05, 0.1) is 11.8 Å². The van der Waals surface area contributed by atoms with Crippen LogP contribution in [0, 0.1) is 17.2 Å². The lowest BCUT2D eigenvalue weighted by Gasteiger charge is -2.27. The number of esters is 1. The van der Waals surface area contributed by atoms with Crippen molar-refractivity contribution in [2.24, 2.45) is 5.92 Å². The van der Waals surface area contributed by atoms with Crippen molar-refractivity contribution >= 4 is 35.2 Å². The van der Waals surface area contributed by atoms with Gasteiger partial charge in [0.25, 0.3) is 5.91 Å². The molecule has 0 fully saturated rings. The number of nitrogens with one attached hydrogen (secondary N) is 1. The maximum atomic E-state index is 12.0. The quantitative estimate of drug-likeness (QED) is 0.461. The number of thioether (sulfide) groups is 1. The van der Waals surface area contributed by atoms with Crippen molar-refractivity contribution in [3.63, 3.8) is 0 Å². The third kappa shape index (κ3) is 5.97. The predicted octanol–water partition coefficient (Wildman–Crippen LogP) is 3.31. The summed E-state index contributed by atoms with van der Waals surface area (Å²) in [4.78, 5) is 24.0. The molecular formula is C20H24ClN5O3S. The smallest absolute Gasteiger partial charge is 0.316 e. The van der Waals surface area contributed by atoms with Gasteiger partial charge in [0.15, 0.2) is 17.6 Å². The third-order valence-corrected chi connectivity index (χ3v) is 5.80. The number of amides is 1. The zero-order valence-electron chi connectivity index (χ0n) is 17.3. The fraction of sp³-hybridized carbons (Fsp3) is 0.450. The lowest BCUT2D eigenvalue weighted by Crippen LogP contribution is -2.50. The van der Waals surface area contributed by atoms with Crippen LogP contribution in [-0.2, 0) is 20.9 Å². The molecule has 0 spiro atoms. The highest BCUT2D eigenvalue weighted by Crippen LogP contribution is 2.25. The molecule has 0 radical (unpaired) electrons. The highest BCUT2D eigenvalue weighted by atomic mass is 35.5. The molecule has 0 aliphatic carbocycles. The first-order chi connectivity index (χ1) is 14.2. The number of halogens is 1. The Morgan fingerprint density at radius 2 is 2.00 bits per heavy atom. The molecule has 0 saturated heterocycles. The van der Waals surface area contributed by atoms with Gasteiger partial charge in [0.1, 0.15) is 5.54 Å². The molecule has 0 saturated carbocycles. The summed E-state index contributed by atoms with van der Waals surface area (Å²) >= 11 is 7.11. The van der Waals surface area contributed by atoms with Crippen LogP contribution in [0.3, 0.4) is 0 Å². The average molecular weight is 450 g/mol. The van der Waals surface area contributed by atoms with Crippen molar-refractivity contribution in [1.82, 2.24) is 20.1 Å². The zero-order chi connectivity index (χ0) is 22.3. The fourth-order valence-corrected chi connectivity index (χ4v) is 3.36. The van der Waals surface area contributed by atoms with Crippen LogP contribution in [0.1, 0.15) is 27.7 Å². The highest BCUT2D eigenvalue weighted by molar-refractivity contribution is 7.99. The van der Waals surface area contributed by atoms with Gasteiger partial charge in [-0.25, -0.2) is 0 Å². The molecular weight excluding hydrogens is 426 g/mol. The van der Waals surface area contributed by atoms with Crippen LogP contribution in [0.15, 0.2) is 29.4 Å². The van der Waals surface area contributed by atoms with E-state index in [1.165, 1.54) is 11.8 Å². The summed E-state index contributed by atoms with van der Waals surface area (Å²) in [5.41, 5.74) is -0.154. The normalized spacial score (nSPS) is 12.8. The van der Waals surface area contributed by atoms with Gasteiger partial charge in [0.2, 0.25) is 0 Å². The van der Waals surface area contributed by atoms with Gasteiger partial charge in [-0.2, -0.15) is 5.26 Å². The van der Waals surface area contributed by atoms with Crippen LogP contribution in [0.25, 0.3) is 11.4 Å². The van der Waals surface area contributed by atoms with Crippen LogP contribution in [0.2, 0.25) is 5.02 Å². The van der Waals surface area contributed by atoms with Crippen molar-refractivity contribution in [2.45, 2.75) is 44.9 Å². The second-order valence-electron chi connectivity index (χ2n) is 7.02. The molecule has 1 aromatic heterocycles. The Hall–Kier alpha value is -2.57. The Morgan fingerprint density at radius 1 is 1.33 bits per heavy atom. The summed E-state index contributed by atoms with van der Waals surface area (Å²) in [5, 5.41) is 21.4. The molecule has 30 heavy (non-hydrogen) atoms. The molecule has 10 heteroatoms. The molecule has 8 nitrogen and oxygen atoms in total. The minimum Gasteiger partial charge on any atom is -0.455 e. The minimum atomic E-state index is -1.02. The van der Waals surface area contributed by atoms with Gasteiger partial charge < -0.3 is 14.6 Å². The predicted molar refractivity (Wildman–Crippen MR) is 115 cm³/mol. The Morgan fingerprint density at radius 3 is 2.57 bits per heavy atom. The van der Waals surface area contributed by atoms with Gasteiger partial charge in [-0.3, -0.25) is 9.59 Å². The van der Waals surface area contributed by atoms with Gasteiger partial charge in [-0.15, -0.1) is 10.2 Å². The van der Waals surface area contributed by atoms with Crippen molar-refractivity contribution in [3.8, 4) is 17.5 Å². The van der Waals surface area contributed by atoms with Crippen LogP contribution >= 0.6 is 23.4 Å². The number of hydrogen-bond acceptors (Lipinski definition) is 7. The van der Waals surface area contributed by atoms with Crippen molar-refractivity contribution in [2.75, 3.05) is 12.4 Å². The van der Waals surface area contributed by atoms with E-state index in [0.717, 1.165) is 5.56 Å². The Bertz CT molecular complexity index is 939.